The Morgan fingerprint density at radius 3 is 1.29 bits per heavy atom. The zero-order valence-electron chi connectivity index (χ0n) is 3.42. The van der Waals surface area contributed by atoms with Crippen LogP contribution < -0.4 is 0 Å². The third-order valence-corrected chi connectivity index (χ3v) is 0. The molecule has 0 aliphatic carbocycles. The van der Waals surface area contributed by atoms with Crippen molar-refractivity contribution in [2.24, 2.45) is 0 Å². The molecule has 5 nitrogen and oxygen atoms in total. The fourth-order valence-corrected chi connectivity index (χ4v) is 0. The van der Waals surface area contributed by atoms with Gasteiger partial charge in [0.15, 0.2) is 0 Å². The Bertz CT molecular complexity index is 39.3. The van der Waals surface area contributed by atoms with Crippen LogP contribution in [0, 0.1) is 0 Å². The van der Waals surface area contributed by atoms with Crippen LogP contribution in [0.25, 0.3) is 0 Å². The molecule has 4 N–H and O–H groups in total. The molecule has 0 aliphatic heterocycles. The molecule has 0 fully saturated rings. The predicted octanol–water partition coefficient (Wildman–Crippen LogP) is -1.37. The summed E-state index contributed by atoms with van der Waals surface area (Å²) in [5.74, 6) is 0. The van der Waals surface area contributed by atoms with Crippen molar-refractivity contribution in [3.05, 3.63) is 0 Å². The van der Waals surface area contributed by atoms with Crippen LogP contribution in [0.5, 0.6) is 0 Å². The fourth-order valence-electron chi connectivity index (χ4n) is 0. The SMILES string of the molecule is O.O=C(O)O.[O]=[AlH]. The van der Waals surface area contributed by atoms with E-state index in [0.29, 0.717) is 16.2 Å². The Morgan fingerprint density at radius 2 is 1.29 bits per heavy atom. The Balaban J connectivity index is -0.0000000480. The van der Waals surface area contributed by atoms with E-state index in [1.54, 1.807) is 0 Å². The molecular weight excluding hydrogens is 119 g/mol. The van der Waals surface area contributed by atoms with Crippen LogP contribution in [0.3, 0.4) is 0 Å². The van der Waals surface area contributed by atoms with Crippen LogP contribution in [0.4, 0.5) is 4.79 Å². The van der Waals surface area contributed by atoms with Gasteiger partial charge in [-0.05, 0) is 0 Å². The van der Waals surface area contributed by atoms with Gasteiger partial charge in [0.1, 0.15) is 0 Å². The third kappa shape index (κ3) is 369. The van der Waals surface area contributed by atoms with E-state index in [2.05, 4.69) is 0 Å². The number of hydrogen-bond donors (Lipinski definition) is 2. The van der Waals surface area contributed by atoms with E-state index < -0.39 is 6.16 Å². The summed E-state index contributed by atoms with van der Waals surface area (Å²) in [6.07, 6.45) is -1.83. The first-order valence-corrected chi connectivity index (χ1v) is 1.52. The van der Waals surface area contributed by atoms with Crippen LogP contribution in [0.1, 0.15) is 0 Å². The van der Waals surface area contributed by atoms with Gasteiger partial charge in [-0.25, -0.2) is 4.79 Å². The van der Waals surface area contributed by atoms with Crippen molar-refractivity contribution >= 4 is 22.4 Å². The molecular formula is CH5AlO5. The predicted molar refractivity (Wildman–Crippen MR) is 22.1 cm³/mol. The Kier molecular flexibility index (Phi) is 40.3. The minimum atomic E-state index is -1.83. The maximum absolute atomic E-state index is 8.56. The van der Waals surface area contributed by atoms with Gasteiger partial charge in [-0.15, -0.1) is 0 Å². The van der Waals surface area contributed by atoms with Gasteiger partial charge in [0, 0.05) is 0 Å². The molecule has 0 aliphatic rings. The first-order valence-electron chi connectivity index (χ1n) is 0.940. The summed E-state index contributed by atoms with van der Waals surface area (Å²) in [4.78, 5) is 8.56. The van der Waals surface area contributed by atoms with Gasteiger partial charge in [-0.3, -0.25) is 0 Å². The molecule has 0 bridgehead atoms. The average Bonchev–Trinajstić information content (AvgIpc) is 1.41. The zero-order valence-corrected chi connectivity index (χ0v) is 4.83. The molecule has 7 heavy (non-hydrogen) atoms. The van der Waals surface area contributed by atoms with Crippen molar-refractivity contribution in [2.45, 2.75) is 0 Å². The molecule has 0 saturated heterocycles. The number of carbonyl (C=O) groups is 1. The monoisotopic (exact) mass is 124 g/mol. The van der Waals surface area contributed by atoms with Crippen molar-refractivity contribution in [3.8, 4) is 0 Å². The molecule has 0 aromatic rings. The summed E-state index contributed by atoms with van der Waals surface area (Å²) in [6.45, 7) is 0. The first kappa shape index (κ1) is 16.0. The zero-order chi connectivity index (χ0) is 5.58. The summed E-state index contributed by atoms with van der Waals surface area (Å²) in [5.41, 5.74) is 0. The van der Waals surface area contributed by atoms with Crippen molar-refractivity contribution < 1.29 is 24.3 Å². The van der Waals surface area contributed by atoms with Crippen LogP contribution in [-0.2, 0) is 3.80 Å². The molecule has 0 atom stereocenters. The van der Waals surface area contributed by atoms with E-state index in [9.17, 15) is 0 Å². The van der Waals surface area contributed by atoms with Gasteiger partial charge < -0.3 is 15.7 Å². The van der Waals surface area contributed by atoms with Gasteiger partial charge in [0.05, 0.1) is 0 Å². The Morgan fingerprint density at radius 1 is 1.29 bits per heavy atom. The topological polar surface area (TPSA) is 106 Å². The standard InChI is InChI=1S/CH2O3.Al.H2O.O.H/c2-1(3)4;;;;/h(H2,2,3,4);;1H2;;. The Hall–Kier alpha value is -0.438. The molecule has 0 saturated carbocycles. The molecule has 0 amide bonds. The summed E-state index contributed by atoms with van der Waals surface area (Å²) in [6, 6.07) is 0. The van der Waals surface area contributed by atoms with E-state index in [4.69, 9.17) is 18.8 Å². The third-order valence-electron chi connectivity index (χ3n) is 0. The van der Waals surface area contributed by atoms with Crippen LogP contribution >= 0.6 is 0 Å². The summed E-state index contributed by atoms with van der Waals surface area (Å²) in [7, 11) is 0. The van der Waals surface area contributed by atoms with Gasteiger partial charge in [0.2, 0.25) is 0 Å². The van der Waals surface area contributed by atoms with Crippen molar-refractivity contribution in [1.29, 1.82) is 0 Å². The number of carboxylic acid groups (broad SMARTS) is 2. The van der Waals surface area contributed by atoms with Gasteiger partial charge in [0.25, 0.3) is 0 Å². The second-order valence-corrected chi connectivity index (χ2v) is 0.283. The van der Waals surface area contributed by atoms with E-state index in [0.717, 1.165) is 0 Å². The molecule has 0 radical (unpaired) electrons. The van der Waals surface area contributed by atoms with Gasteiger partial charge >= 0.3 is 26.2 Å². The molecule has 0 heterocycles. The minimum absolute atomic E-state index is 0. The maximum atomic E-state index is 8.56. The molecule has 0 aromatic heterocycles. The van der Waals surface area contributed by atoms with E-state index in [-0.39, 0.29) is 5.48 Å². The summed E-state index contributed by atoms with van der Waals surface area (Å²) >= 11 is 0.611. The van der Waals surface area contributed by atoms with E-state index in [1.165, 1.54) is 0 Å². The van der Waals surface area contributed by atoms with Gasteiger partial charge in [-0.1, -0.05) is 0 Å². The molecule has 0 spiro atoms. The molecule has 6 heteroatoms. The van der Waals surface area contributed by atoms with Crippen LogP contribution in [-0.4, -0.2) is 38.1 Å². The fraction of sp³-hybridized carbons (Fsp3) is 0. The van der Waals surface area contributed by atoms with Crippen LogP contribution in [0.2, 0.25) is 0 Å². The molecule has 0 unspecified atom stereocenters. The second kappa shape index (κ2) is 17.6. The van der Waals surface area contributed by atoms with Crippen molar-refractivity contribution in [3.63, 3.8) is 0 Å². The van der Waals surface area contributed by atoms with Crippen LogP contribution in [0.15, 0.2) is 0 Å². The summed E-state index contributed by atoms with van der Waals surface area (Å²) in [5, 5.41) is 13.9. The number of rotatable bonds is 0. The van der Waals surface area contributed by atoms with E-state index in [1.807, 2.05) is 0 Å². The molecule has 42 valence electrons. The number of hydrogen-bond acceptors (Lipinski definition) is 2. The quantitative estimate of drug-likeness (QED) is 0.388. The van der Waals surface area contributed by atoms with Crippen molar-refractivity contribution in [1.82, 2.24) is 0 Å². The van der Waals surface area contributed by atoms with E-state index >= 15 is 0 Å². The normalized spacial score (nSPS) is 3.86. The molecule has 0 rings (SSSR count). The van der Waals surface area contributed by atoms with Gasteiger partial charge in [-0.2, -0.15) is 0 Å². The molecule has 0 aromatic carbocycles. The second-order valence-electron chi connectivity index (χ2n) is 0.283. The van der Waals surface area contributed by atoms with Crippen molar-refractivity contribution in [2.75, 3.05) is 0 Å². The first-order chi connectivity index (χ1) is 2.73. The Labute approximate surface area is 47.5 Å². The average molecular weight is 124 g/mol. The summed E-state index contributed by atoms with van der Waals surface area (Å²) < 4.78 is 8.28.